The minimum absolute atomic E-state index is 0.0471. The monoisotopic (exact) mass is 501 g/mol. The predicted molar refractivity (Wildman–Crippen MR) is 131 cm³/mol. The SMILES string of the molecule is CSc1ccc(Oc2ccc(Nc3ccc(C(F)(F)F)cn3)cc2CC2CCCN2C(C)=O)cc1. The number of benzene rings is 2. The van der Waals surface area contributed by atoms with E-state index in [9.17, 15) is 18.0 Å². The van der Waals surface area contributed by atoms with Crippen molar-refractivity contribution in [2.24, 2.45) is 0 Å². The van der Waals surface area contributed by atoms with Crippen molar-refractivity contribution in [2.45, 2.75) is 43.3 Å². The summed E-state index contributed by atoms with van der Waals surface area (Å²) in [5, 5.41) is 3.07. The molecule has 0 bridgehead atoms. The molecule has 1 aliphatic rings. The molecule has 0 spiro atoms. The second-order valence-corrected chi connectivity index (χ2v) is 9.25. The molecule has 1 aromatic heterocycles. The predicted octanol–water partition coefficient (Wildman–Crippen LogP) is 6.91. The molecule has 2 aromatic carbocycles. The van der Waals surface area contributed by atoms with Gasteiger partial charge >= 0.3 is 6.18 Å². The first-order valence-corrected chi connectivity index (χ1v) is 12.5. The van der Waals surface area contributed by atoms with Gasteiger partial charge in [0.1, 0.15) is 17.3 Å². The van der Waals surface area contributed by atoms with Gasteiger partial charge < -0.3 is 15.0 Å². The summed E-state index contributed by atoms with van der Waals surface area (Å²) in [5.74, 6) is 1.72. The van der Waals surface area contributed by atoms with Crippen LogP contribution in [0.3, 0.4) is 0 Å². The number of pyridine rings is 1. The van der Waals surface area contributed by atoms with Gasteiger partial charge in [-0.3, -0.25) is 4.79 Å². The van der Waals surface area contributed by atoms with Gasteiger partial charge in [0.25, 0.3) is 0 Å². The highest BCUT2D eigenvalue weighted by atomic mass is 32.2. The fourth-order valence-electron chi connectivity index (χ4n) is 4.19. The van der Waals surface area contributed by atoms with Gasteiger partial charge in [0, 0.05) is 36.3 Å². The topological polar surface area (TPSA) is 54.5 Å². The number of alkyl halides is 3. The third-order valence-electron chi connectivity index (χ3n) is 5.95. The standard InChI is InChI=1S/C26H26F3N3O2S/c1-17(33)32-13-3-4-21(32)15-18-14-20(31-25-12-5-19(16-30-25)26(27,28)29)6-11-24(18)34-22-7-9-23(35-2)10-8-22/h5-12,14,16,21H,3-4,13,15H2,1-2H3,(H,30,31). The van der Waals surface area contributed by atoms with Gasteiger partial charge in [-0.1, -0.05) is 0 Å². The minimum Gasteiger partial charge on any atom is -0.457 e. The number of rotatable bonds is 7. The number of ether oxygens (including phenoxy) is 1. The van der Waals surface area contributed by atoms with E-state index in [0.717, 1.165) is 42.1 Å². The van der Waals surface area contributed by atoms with E-state index in [1.165, 1.54) is 6.07 Å². The molecule has 4 rings (SSSR count). The van der Waals surface area contributed by atoms with Crippen LogP contribution in [0.5, 0.6) is 11.5 Å². The van der Waals surface area contributed by atoms with Gasteiger partial charge in [-0.25, -0.2) is 4.98 Å². The van der Waals surface area contributed by atoms with Gasteiger partial charge in [0.15, 0.2) is 0 Å². The number of aromatic nitrogens is 1. The van der Waals surface area contributed by atoms with Gasteiger partial charge in [-0.05, 0) is 85.7 Å². The highest BCUT2D eigenvalue weighted by molar-refractivity contribution is 7.98. The molecule has 1 unspecified atom stereocenters. The zero-order chi connectivity index (χ0) is 25.0. The summed E-state index contributed by atoms with van der Waals surface area (Å²) < 4.78 is 44.7. The molecule has 5 nitrogen and oxygen atoms in total. The Morgan fingerprint density at radius 2 is 1.94 bits per heavy atom. The van der Waals surface area contributed by atoms with E-state index in [-0.39, 0.29) is 11.9 Å². The van der Waals surface area contributed by atoms with Crippen molar-refractivity contribution in [2.75, 3.05) is 18.1 Å². The summed E-state index contributed by atoms with van der Waals surface area (Å²) in [5.41, 5.74) is 0.768. The third kappa shape index (κ3) is 6.28. The molecule has 1 saturated heterocycles. The molecular weight excluding hydrogens is 475 g/mol. The summed E-state index contributed by atoms with van der Waals surface area (Å²) in [6.07, 6.45) is 0.836. The zero-order valence-corrected chi connectivity index (χ0v) is 20.2. The van der Waals surface area contributed by atoms with Crippen molar-refractivity contribution >= 4 is 29.2 Å². The lowest BCUT2D eigenvalue weighted by atomic mass is 10.0. The number of halogens is 3. The molecule has 1 fully saturated rings. The van der Waals surface area contributed by atoms with Crippen LogP contribution < -0.4 is 10.1 Å². The molecule has 35 heavy (non-hydrogen) atoms. The fraction of sp³-hybridized carbons (Fsp3) is 0.308. The van der Waals surface area contributed by atoms with Crippen LogP contribution in [-0.4, -0.2) is 34.6 Å². The van der Waals surface area contributed by atoms with E-state index < -0.39 is 11.7 Å². The summed E-state index contributed by atoms with van der Waals surface area (Å²) >= 11 is 1.65. The summed E-state index contributed by atoms with van der Waals surface area (Å²) in [4.78, 5) is 19.0. The first kappa shape index (κ1) is 24.9. The second kappa shape index (κ2) is 10.6. The summed E-state index contributed by atoms with van der Waals surface area (Å²) in [6.45, 7) is 2.32. The van der Waals surface area contributed by atoms with Crippen LogP contribution >= 0.6 is 11.8 Å². The molecular formula is C26H26F3N3O2S. The lowest BCUT2D eigenvalue weighted by molar-refractivity contribution is -0.137. The molecule has 184 valence electrons. The van der Waals surface area contributed by atoms with E-state index in [4.69, 9.17) is 4.74 Å². The van der Waals surface area contributed by atoms with Crippen LogP contribution in [-0.2, 0) is 17.4 Å². The Morgan fingerprint density at radius 3 is 2.57 bits per heavy atom. The van der Waals surface area contributed by atoms with Crippen molar-refractivity contribution in [3.8, 4) is 11.5 Å². The largest absolute Gasteiger partial charge is 0.457 e. The molecule has 1 N–H and O–H groups in total. The molecule has 1 aliphatic heterocycles. The maximum Gasteiger partial charge on any atom is 0.417 e. The normalized spacial score (nSPS) is 15.8. The Hall–Kier alpha value is -3.20. The Labute approximate surface area is 206 Å². The quantitative estimate of drug-likeness (QED) is 0.357. The number of anilines is 2. The number of carbonyl (C=O) groups excluding carboxylic acids is 1. The third-order valence-corrected chi connectivity index (χ3v) is 6.69. The van der Waals surface area contributed by atoms with Gasteiger partial charge in [0.05, 0.1) is 5.56 Å². The van der Waals surface area contributed by atoms with Crippen molar-refractivity contribution in [1.29, 1.82) is 0 Å². The Kier molecular flexibility index (Phi) is 7.54. The van der Waals surface area contributed by atoms with Crippen molar-refractivity contribution in [3.05, 3.63) is 71.9 Å². The summed E-state index contributed by atoms with van der Waals surface area (Å²) in [6, 6.07) is 15.7. The van der Waals surface area contributed by atoms with E-state index in [1.807, 2.05) is 47.6 Å². The minimum atomic E-state index is -4.43. The molecule has 1 atom stereocenters. The number of likely N-dealkylation sites (tertiary alicyclic amines) is 1. The molecule has 0 aliphatic carbocycles. The Bertz CT molecular complexity index is 1170. The number of thioether (sulfide) groups is 1. The van der Waals surface area contributed by atoms with E-state index in [1.54, 1.807) is 24.8 Å². The summed E-state index contributed by atoms with van der Waals surface area (Å²) in [7, 11) is 0. The van der Waals surface area contributed by atoms with E-state index in [0.29, 0.717) is 29.4 Å². The number of amides is 1. The van der Waals surface area contributed by atoms with Gasteiger partial charge in [-0.2, -0.15) is 13.2 Å². The maximum absolute atomic E-state index is 12.8. The van der Waals surface area contributed by atoms with Crippen LogP contribution in [0, 0.1) is 0 Å². The van der Waals surface area contributed by atoms with Gasteiger partial charge in [-0.15, -0.1) is 11.8 Å². The van der Waals surface area contributed by atoms with Crippen molar-refractivity contribution in [1.82, 2.24) is 9.88 Å². The number of hydrogen-bond donors (Lipinski definition) is 1. The van der Waals surface area contributed by atoms with Crippen LogP contribution in [0.4, 0.5) is 24.7 Å². The molecule has 9 heteroatoms. The second-order valence-electron chi connectivity index (χ2n) is 8.37. The molecule has 0 saturated carbocycles. The smallest absolute Gasteiger partial charge is 0.417 e. The molecule has 2 heterocycles. The molecule has 1 amide bonds. The Balaban J connectivity index is 1.59. The first-order valence-electron chi connectivity index (χ1n) is 11.3. The van der Waals surface area contributed by atoms with E-state index >= 15 is 0 Å². The lowest BCUT2D eigenvalue weighted by Gasteiger charge is -2.24. The average Bonchev–Trinajstić information content (AvgIpc) is 3.29. The highest BCUT2D eigenvalue weighted by Gasteiger charge is 2.31. The van der Waals surface area contributed by atoms with E-state index in [2.05, 4.69) is 10.3 Å². The number of hydrogen-bond acceptors (Lipinski definition) is 5. The van der Waals surface area contributed by atoms with Crippen LogP contribution in [0.1, 0.15) is 30.9 Å². The van der Waals surface area contributed by atoms with Crippen molar-refractivity contribution < 1.29 is 22.7 Å². The van der Waals surface area contributed by atoms with Gasteiger partial charge in [0.2, 0.25) is 5.91 Å². The highest BCUT2D eigenvalue weighted by Crippen LogP contribution is 2.34. The first-order chi connectivity index (χ1) is 16.7. The number of nitrogens with one attached hydrogen (secondary N) is 1. The zero-order valence-electron chi connectivity index (χ0n) is 19.4. The van der Waals surface area contributed by atoms with Crippen LogP contribution in [0.25, 0.3) is 0 Å². The van der Waals surface area contributed by atoms with Crippen LogP contribution in [0.2, 0.25) is 0 Å². The fourth-order valence-corrected chi connectivity index (χ4v) is 4.59. The maximum atomic E-state index is 12.8. The number of nitrogens with zero attached hydrogens (tertiary/aromatic N) is 2. The molecule has 0 radical (unpaired) electrons. The molecule has 3 aromatic rings. The average molecular weight is 502 g/mol. The van der Waals surface area contributed by atoms with Crippen LogP contribution in [0.15, 0.2) is 65.7 Å². The Morgan fingerprint density at radius 1 is 1.17 bits per heavy atom. The lowest BCUT2D eigenvalue weighted by Crippen LogP contribution is -2.35. The number of carbonyl (C=O) groups is 1. The van der Waals surface area contributed by atoms with Crippen molar-refractivity contribution in [3.63, 3.8) is 0 Å².